The highest BCUT2D eigenvalue weighted by Crippen LogP contribution is 2.56. The first-order valence-electron chi connectivity index (χ1n) is 11.5. The van der Waals surface area contributed by atoms with Gasteiger partial charge >= 0.3 is 5.97 Å². The maximum absolute atomic E-state index is 12.5. The summed E-state index contributed by atoms with van der Waals surface area (Å²) in [5, 5.41) is 2.57. The fraction of sp³-hybridized carbons (Fsp3) is 0.519. The lowest BCUT2D eigenvalue weighted by molar-refractivity contribution is -0.159. The number of rotatable bonds is 5. The van der Waals surface area contributed by atoms with E-state index in [9.17, 15) is 4.79 Å². The molecule has 0 N–H and O–H groups in total. The Kier molecular flexibility index (Phi) is 5.68. The van der Waals surface area contributed by atoms with E-state index in [0.29, 0.717) is 11.8 Å². The predicted octanol–water partition coefficient (Wildman–Crippen LogP) is 4.93. The van der Waals surface area contributed by atoms with E-state index in [1.807, 2.05) is 20.8 Å². The molecule has 0 saturated heterocycles. The molecule has 2 aromatic carbocycles. The fourth-order valence-corrected chi connectivity index (χ4v) is 9.91. The summed E-state index contributed by atoms with van der Waals surface area (Å²) in [4.78, 5) is 12.5. The van der Waals surface area contributed by atoms with Crippen LogP contribution in [0.15, 0.2) is 60.7 Å². The van der Waals surface area contributed by atoms with Crippen molar-refractivity contribution in [3.05, 3.63) is 60.7 Å². The van der Waals surface area contributed by atoms with Gasteiger partial charge in [-0.05, 0) is 48.5 Å². The van der Waals surface area contributed by atoms with Gasteiger partial charge in [-0.25, -0.2) is 0 Å². The number of carbonyl (C=O) groups excluding carboxylic acids is 1. The van der Waals surface area contributed by atoms with Crippen LogP contribution in [-0.2, 0) is 14.0 Å². The predicted molar refractivity (Wildman–Crippen MR) is 128 cm³/mol. The highest BCUT2D eigenvalue weighted by atomic mass is 28.4. The molecule has 31 heavy (non-hydrogen) atoms. The Bertz CT molecular complexity index is 871. The van der Waals surface area contributed by atoms with Gasteiger partial charge in [0.2, 0.25) is 0 Å². The highest BCUT2D eigenvalue weighted by Gasteiger charge is 2.61. The third kappa shape index (κ3) is 4.12. The van der Waals surface area contributed by atoms with Gasteiger partial charge in [0.1, 0.15) is 6.10 Å². The van der Waals surface area contributed by atoms with Gasteiger partial charge in [0, 0.05) is 12.3 Å². The maximum atomic E-state index is 12.5. The number of esters is 1. The molecule has 2 saturated carbocycles. The molecule has 4 rings (SSSR count). The van der Waals surface area contributed by atoms with Crippen LogP contribution in [-0.4, -0.2) is 26.5 Å². The molecular formula is C27H36O3Si. The number of hydrogen-bond donors (Lipinski definition) is 0. The molecule has 4 heteroatoms. The van der Waals surface area contributed by atoms with Gasteiger partial charge in [-0.15, -0.1) is 0 Å². The van der Waals surface area contributed by atoms with Crippen molar-refractivity contribution in [3.8, 4) is 0 Å². The van der Waals surface area contributed by atoms with Gasteiger partial charge in [0.25, 0.3) is 8.32 Å². The lowest BCUT2D eigenvalue weighted by Crippen LogP contribution is -2.67. The fourth-order valence-electron chi connectivity index (χ4n) is 5.17. The summed E-state index contributed by atoms with van der Waals surface area (Å²) < 4.78 is 13.3. The SMILES string of the molecule is CC(C)(C)C(=O)O[C@@H]1C[C@@H](O[Si](c2ccccc2)(c2ccccc2)C(C)(C)C)[C@H]2C[C@H]21. The summed E-state index contributed by atoms with van der Waals surface area (Å²) in [6, 6.07) is 21.6. The quantitative estimate of drug-likeness (QED) is 0.492. The van der Waals surface area contributed by atoms with Crippen molar-refractivity contribution in [2.24, 2.45) is 17.3 Å². The monoisotopic (exact) mass is 436 g/mol. The van der Waals surface area contributed by atoms with Crippen LogP contribution >= 0.6 is 0 Å². The van der Waals surface area contributed by atoms with Crippen molar-refractivity contribution in [1.29, 1.82) is 0 Å². The van der Waals surface area contributed by atoms with E-state index in [1.54, 1.807) is 0 Å². The molecule has 3 nitrogen and oxygen atoms in total. The van der Waals surface area contributed by atoms with Crippen molar-refractivity contribution in [3.63, 3.8) is 0 Å². The number of carbonyl (C=O) groups is 1. The number of fused-ring (bicyclic) bond motifs is 1. The van der Waals surface area contributed by atoms with E-state index in [2.05, 4.69) is 81.4 Å². The van der Waals surface area contributed by atoms with Gasteiger partial charge in [0.15, 0.2) is 0 Å². The molecule has 2 fully saturated rings. The second-order valence-electron chi connectivity index (χ2n) is 11.3. The molecule has 4 atom stereocenters. The third-order valence-electron chi connectivity index (χ3n) is 6.93. The number of benzene rings is 2. The lowest BCUT2D eigenvalue weighted by atomic mass is 9.97. The molecule has 166 valence electrons. The van der Waals surface area contributed by atoms with Gasteiger partial charge in [-0.2, -0.15) is 0 Å². The van der Waals surface area contributed by atoms with Gasteiger partial charge in [-0.1, -0.05) is 81.4 Å². The first-order valence-corrected chi connectivity index (χ1v) is 13.4. The Morgan fingerprint density at radius 2 is 1.26 bits per heavy atom. The van der Waals surface area contributed by atoms with E-state index >= 15 is 0 Å². The Labute approximate surface area is 188 Å². The van der Waals surface area contributed by atoms with Crippen LogP contribution in [0.2, 0.25) is 5.04 Å². The van der Waals surface area contributed by atoms with Crippen molar-refractivity contribution >= 4 is 24.7 Å². The standard InChI is InChI=1S/C27H36O3Si/c1-26(2,3)25(28)29-23-18-24(22-17-21(22)23)30-31(27(4,5)6,19-13-9-7-10-14-19)20-15-11-8-12-16-20/h7-16,21-24H,17-18H2,1-6H3/t21-,22+,23-,24-/m1/s1. The smallest absolute Gasteiger partial charge is 0.311 e. The van der Waals surface area contributed by atoms with E-state index in [0.717, 1.165) is 12.8 Å². The van der Waals surface area contributed by atoms with Crippen LogP contribution in [0.3, 0.4) is 0 Å². The van der Waals surface area contributed by atoms with Gasteiger partial charge < -0.3 is 9.16 Å². The van der Waals surface area contributed by atoms with Crippen LogP contribution in [0.5, 0.6) is 0 Å². The van der Waals surface area contributed by atoms with Crippen LogP contribution < -0.4 is 10.4 Å². The molecule has 0 amide bonds. The van der Waals surface area contributed by atoms with E-state index < -0.39 is 13.7 Å². The van der Waals surface area contributed by atoms with E-state index in [4.69, 9.17) is 9.16 Å². The van der Waals surface area contributed by atoms with Crippen molar-refractivity contribution < 1.29 is 14.0 Å². The van der Waals surface area contributed by atoms with Gasteiger partial charge in [-0.3, -0.25) is 4.79 Å². The highest BCUT2D eigenvalue weighted by molar-refractivity contribution is 6.99. The molecule has 0 unspecified atom stereocenters. The van der Waals surface area contributed by atoms with E-state index in [-0.39, 0.29) is 23.2 Å². The maximum Gasteiger partial charge on any atom is 0.311 e. The zero-order chi connectivity index (χ0) is 22.4. The minimum Gasteiger partial charge on any atom is -0.462 e. The Hall–Kier alpha value is -1.91. The first kappa shape index (κ1) is 22.3. The molecule has 2 aromatic rings. The normalized spacial score (nSPS) is 25.7. The number of ether oxygens (including phenoxy) is 1. The largest absolute Gasteiger partial charge is 0.462 e. The zero-order valence-corrected chi connectivity index (χ0v) is 20.7. The topological polar surface area (TPSA) is 35.5 Å². The Morgan fingerprint density at radius 3 is 1.71 bits per heavy atom. The first-order chi connectivity index (χ1) is 14.5. The average Bonchev–Trinajstić information content (AvgIpc) is 3.44. The minimum atomic E-state index is -2.58. The van der Waals surface area contributed by atoms with E-state index in [1.165, 1.54) is 10.4 Å². The van der Waals surface area contributed by atoms with Crippen LogP contribution in [0, 0.1) is 17.3 Å². The molecule has 0 aliphatic heterocycles. The zero-order valence-electron chi connectivity index (χ0n) is 19.7. The van der Waals surface area contributed by atoms with Crippen molar-refractivity contribution in [1.82, 2.24) is 0 Å². The minimum absolute atomic E-state index is 0.0139. The molecule has 0 bridgehead atoms. The summed E-state index contributed by atoms with van der Waals surface area (Å²) in [7, 11) is -2.58. The lowest BCUT2D eigenvalue weighted by Gasteiger charge is -2.45. The average molecular weight is 437 g/mol. The second kappa shape index (κ2) is 7.90. The molecule has 0 aromatic heterocycles. The molecule has 0 spiro atoms. The Morgan fingerprint density at radius 1 is 0.774 bits per heavy atom. The molecular weight excluding hydrogens is 400 g/mol. The van der Waals surface area contributed by atoms with Crippen molar-refractivity contribution in [2.45, 2.75) is 71.6 Å². The van der Waals surface area contributed by atoms with Crippen molar-refractivity contribution in [2.75, 3.05) is 0 Å². The second-order valence-corrected chi connectivity index (χ2v) is 15.6. The summed E-state index contributed by atoms with van der Waals surface area (Å²) in [5.41, 5.74) is -0.471. The van der Waals surface area contributed by atoms with Gasteiger partial charge in [0.05, 0.1) is 11.5 Å². The van der Waals surface area contributed by atoms with Crippen LogP contribution in [0.1, 0.15) is 54.4 Å². The summed E-state index contributed by atoms with van der Waals surface area (Å²) in [5.74, 6) is 0.850. The van der Waals surface area contributed by atoms with Crippen LogP contribution in [0.25, 0.3) is 0 Å². The summed E-state index contributed by atoms with van der Waals surface area (Å²) in [6.07, 6.45) is 2.03. The molecule has 0 radical (unpaired) electrons. The molecule has 2 aliphatic carbocycles. The molecule has 0 heterocycles. The Balaban J connectivity index is 1.68. The summed E-state index contributed by atoms with van der Waals surface area (Å²) >= 11 is 0. The van der Waals surface area contributed by atoms with Crippen LogP contribution in [0.4, 0.5) is 0 Å². The summed E-state index contributed by atoms with van der Waals surface area (Å²) in [6.45, 7) is 12.7. The number of hydrogen-bond acceptors (Lipinski definition) is 3. The molecule has 2 aliphatic rings. The third-order valence-corrected chi connectivity index (χ3v) is 12.0.